The highest BCUT2D eigenvalue weighted by atomic mass is 16.3. The van der Waals surface area contributed by atoms with Gasteiger partial charge in [-0.05, 0) is 25.7 Å². The molecule has 1 atom stereocenters. The third-order valence-corrected chi connectivity index (χ3v) is 2.18. The number of carbonyl (C=O) groups is 1. The van der Waals surface area contributed by atoms with E-state index < -0.39 is 0 Å². The molecule has 1 unspecified atom stereocenters. The SMILES string of the molecule is CCNC(=O)CNCC(O)C1CC1. The van der Waals surface area contributed by atoms with Gasteiger partial charge in [0.05, 0.1) is 12.6 Å². The van der Waals surface area contributed by atoms with Crippen LogP contribution in [0.3, 0.4) is 0 Å². The largest absolute Gasteiger partial charge is 0.392 e. The fourth-order valence-electron chi connectivity index (χ4n) is 1.24. The number of likely N-dealkylation sites (N-methyl/N-ethyl adjacent to an activating group) is 1. The first-order chi connectivity index (χ1) is 6.24. The van der Waals surface area contributed by atoms with E-state index in [2.05, 4.69) is 10.6 Å². The molecule has 0 aromatic heterocycles. The lowest BCUT2D eigenvalue weighted by atomic mass is 10.2. The Morgan fingerprint density at radius 1 is 1.62 bits per heavy atom. The predicted octanol–water partition coefficient (Wildman–Crippen LogP) is -0.517. The monoisotopic (exact) mass is 186 g/mol. The van der Waals surface area contributed by atoms with Gasteiger partial charge in [-0.15, -0.1) is 0 Å². The van der Waals surface area contributed by atoms with Crippen molar-refractivity contribution in [2.24, 2.45) is 5.92 Å². The summed E-state index contributed by atoms with van der Waals surface area (Å²) in [5.74, 6) is 0.465. The van der Waals surface area contributed by atoms with Gasteiger partial charge in [0, 0.05) is 13.1 Å². The number of rotatable bonds is 6. The molecule has 0 heterocycles. The first kappa shape index (κ1) is 10.5. The lowest BCUT2D eigenvalue weighted by Gasteiger charge is -2.09. The first-order valence-electron chi connectivity index (χ1n) is 4.89. The Balaban J connectivity index is 1.96. The molecule has 0 saturated heterocycles. The van der Waals surface area contributed by atoms with Gasteiger partial charge in [-0.1, -0.05) is 0 Å². The van der Waals surface area contributed by atoms with E-state index in [1.165, 1.54) is 0 Å². The van der Waals surface area contributed by atoms with E-state index >= 15 is 0 Å². The van der Waals surface area contributed by atoms with Gasteiger partial charge >= 0.3 is 0 Å². The van der Waals surface area contributed by atoms with Gasteiger partial charge in [-0.25, -0.2) is 0 Å². The van der Waals surface area contributed by atoms with Crippen LogP contribution in [0.1, 0.15) is 19.8 Å². The third-order valence-electron chi connectivity index (χ3n) is 2.18. The maximum Gasteiger partial charge on any atom is 0.233 e. The van der Waals surface area contributed by atoms with Gasteiger partial charge in [-0.3, -0.25) is 4.79 Å². The summed E-state index contributed by atoms with van der Waals surface area (Å²) in [4.78, 5) is 11.0. The zero-order valence-electron chi connectivity index (χ0n) is 8.05. The van der Waals surface area contributed by atoms with Gasteiger partial charge in [0.25, 0.3) is 0 Å². The van der Waals surface area contributed by atoms with Crippen LogP contribution in [0.4, 0.5) is 0 Å². The Morgan fingerprint density at radius 3 is 2.85 bits per heavy atom. The Labute approximate surface area is 78.7 Å². The minimum atomic E-state index is -0.269. The minimum Gasteiger partial charge on any atom is -0.392 e. The first-order valence-corrected chi connectivity index (χ1v) is 4.89. The van der Waals surface area contributed by atoms with E-state index in [9.17, 15) is 9.90 Å². The second kappa shape index (κ2) is 5.19. The Hall–Kier alpha value is -0.610. The summed E-state index contributed by atoms with van der Waals surface area (Å²) in [6.07, 6.45) is 1.99. The average molecular weight is 186 g/mol. The van der Waals surface area contributed by atoms with Crippen molar-refractivity contribution < 1.29 is 9.90 Å². The third kappa shape index (κ3) is 4.24. The number of nitrogens with one attached hydrogen (secondary N) is 2. The number of amides is 1. The molecule has 1 rings (SSSR count). The van der Waals surface area contributed by atoms with E-state index in [1.54, 1.807) is 0 Å². The zero-order chi connectivity index (χ0) is 9.68. The molecule has 4 heteroatoms. The fourth-order valence-corrected chi connectivity index (χ4v) is 1.24. The maximum absolute atomic E-state index is 11.0. The average Bonchev–Trinajstić information content (AvgIpc) is 2.86. The molecule has 0 spiro atoms. The van der Waals surface area contributed by atoms with E-state index in [1.807, 2.05) is 6.92 Å². The Kier molecular flexibility index (Phi) is 4.18. The molecule has 1 aliphatic carbocycles. The molecule has 0 aliphatic heterocycles. The molecular weight excluding hydrogens is 168 g/mol. The molecule has 1 amide bonds. The van der Waals surface area contributed by atoms with Crippen molar-refractivity contribution >= 4 is 5.91 Å². The van der Waals surface area contributed by atoms with E-state index in [4.69, 9.17) is 0 Å². The van der Waals surface area contributed by atoms with Gasteiger partial charge in [-0.2, -0.15) is 0 Å². The molecule has 1 saturated carbocycles. The van der Waals surface area contributed by atoms with Gasteiger partial charge in [0.15, 0.2) is 0 Å². The van der Waals surface area contributed by atoms with Crippen molar-refractivity contribution in [2.45, 2.75) is 25.9 Å². The van der Waals surface area contributed by atoms with Crippen LogP contribution < -0.4 is 10.6 Å². The molecule has 4 nitrogen and oxygen atoms in total. The minimum absolute atomic E-state index is 0.00880. The highest BCUT2D eigenvalue weighted by Crippen LogP contribution is 2.32. The summed E-state index contributed by atoms with van der Waals surface area (Å²) in [5, 5.41) is 15.0. The topological polar surface area (TPSA) is 61.4 Å². The Morgan fingerprint density at radius 2 is 2.31 bits per heavy atom. The standard InChI is InChI=1S/C9H18N2O2/c1-2-11-9(13)6-10-5-8(12)7-3-4-7/h7-8,10,12H,2-6H2,1H3,(H,11,13). The van der Waals surface area contributed by atoms with Crippen molar-refractivity contribution in [3.05, 3.63) is 0 Å². The Bertz CT molecular complexity index is 169. The van der Waals surface area contributed by atoms with E-state index in [0.29, 0.717) is 25.6 Å². The van der Waals surface area contributed by atoms with Crippen LogP contribution in [0, 0.1) is 5.92 Å². The van der Waals surface area contributed by atoms with Crippen molar-refractivity contribution in [2.75, 3.05) is 19.6 Å². The van der Waals surface area contributed by atoms with Crippen LogP contribution in [0.2, 0.25) is 0 Å². The lowest BCUT2D eigenvalue weighted by molar-refractivity contribution is -0.120. The highest BCUT2D eigenvalue weighted by Gasteiger charge is 2.29. The molecule has 0 radical (unpaired) electrons. The molecule has 0 bridgehead atoms. The summed E-state index contributed by atoms with van der Waals surface area (Å²) in [6, 6.07) is 0. The lowest BCUT2D eigenvalue weighted by Crippen LogP contribution is -2.37. The smallest absolute Gasteiger partial charge is 0.233 e. The molecule has 13 heavy (non-hydrogen) atoms. The van der Waals surface area contributed by atoms with Crippen LogP contribution in [0.5, 0.6) is 0 Å². The van der Waals surface area contributed by atoms with E-state index in [-0.39, 0.29) is 12.0 Å². The zero-order valence-corrected chi connectivity index (χ0v) is 8.05. The molecular formula is C9H18N2O2. The number of aliphatic hydroxyl groups excluding tert-OH is 1. The van der Waals surface area contributed by atoms with Crippen molar-refractivity contribution in [3.63, 3.8) is 0 Å². The quantitative estimate of drug-likeness (QED) is 0.523. The number of hydrogen-bond donors (Lipinski definition) is 3. The fraction of sp³-hybridized carbons (Fsp3) is 0.889. The summed E-state index contributed by atoms with van der Waals surface area (Å²) >= 11 is 0. The summed E-state index contributed by atoms with van der Waals surface area (Å²) in [7, 11) is 0. The van der Waals surface area contributed by atoms with Gasteiger partial charge < -0.3 is 15.7 Å². The van der Waals surface area contributed by atoms with Crippen LogP contribution in [-0.4, -0.2) is 36.8 Å². The normalized spacial score (nSPS) is 18.3. The molecule has 3 N–H and O–H groups in total. The van der Waals surface area contributed by atoms with Gasteiger partial charge in [0.2, 0.25) is 5.91 Å². The summed E-state index contributed by atoms with van der Waals surface area (Å²) < 4.78 is 0. The maximum atomic E-state index is 11.0. The van der Waals surface area contributed by atoms with Crippen molar-refractivity contribution in [1.29, 1.82) is 0 Å². The molecule has 1 aliphatic rings. The van der Waals surface area contributed by atoms with E-state index in [0.717, 1.165) is 12.8 Å². The molecule has 0 aromatic carbocycles. The summed E-state index contributed by atoms with van der Waals surface area (Å²) in [5.41, 5.74) is 0. The van der Waals surface area contributed by atoms with Gasteiger partial charge in [0.1, 0.15) is 0 Å². The molecule has 1 fully saturated rings. The summed E-state index contributed by atoms with van der Waals surface area (Å²) in [6.45, 7) is 3.38. The number of hydrogen-bond acceptors (Lipinski definition) is 3. The van der Waals surface area contributed by atoms with Crippen molar-refractivity contribution in [1.82, 2.24) is 10.6 Å². The molecule has 0 aromatic rings. The highest BCUT2D eigenvalue weighted by molar-refractivity contribution is 5.77. The molecule has 76 valence electrons. The number of aliphatic hydroxyl groups is 1. The second-order valence-electron chi connectivity index (χ2n) is 3.49. The van der Waals surface area contributed by atoms with Crippen LogP contribution >= 0.6 is 0 Å². The van der Waals surface area contributed by atoms with Crippen molar-refractivity contribution in [3.8, 4) is 0 Å². The second-order valence-corrected chi connectivity index (χ2v) is 3.49. The van der Waals surface area contributed by atoms with Crippen LogP contribution in [-0.2, 0) is 4.79 Å². The van der Waals surface area contributed by atoms with Crippen LogP contribution in [0.15, 0.2) is 0 Å². The number of carbonyl (C=O) groups excluding carboxylic acids is 1. The van der Waals surface area contributed by atoms with Crippen LogP contribution in [0.25, 0.3) is 0 Å². The predicted molar refractivity (Wildman–Crippen MR) is 50.3 cm³/mol.